The first kappa shape index (κ1) is 19.2. The van der Waals surface area contributed by atoms with Gasteiger partial charge >= 0.3 is 0 Å². The van der Waals surface area contributed by atoms with Gasteiger partial charge in [-0.1, -0.05) is 58.4 Å². The highest BCUT2D eigenvalue weighted by atomic mass is 79.9. The first-order chi connectivity index (χ1) is 13.6. The van der Waals surface area contributed by atoms with Gasteiger partial charge in [0.25, 0.3) is 0 Å². The van der Waals surface area contributed by atoms with E-state index in [2.05, 4.69) is 33.4 Å². The van der Waals surface area contributed by atoms with E-state index in [4.69, 9.17) is 0 Å². The molecular formula is C23H25BrN2O2. The van der Waals surface area contributed by atoms with E-state index >= 15 is 0 Å². The molecule has 0 bridgehead atoms. The van der Waals surface area contributed by atoms with Crippen LogP contribution >= 0.6 is 15.9 Å². The van der Waals surface area contributed by atoms with Crippen molar-refractivity contribution < 1.29 is 9.59 Å². The predicted molar refractivity (Wildman–Crippen MR) is 113 cm³/mol. The normalized spacial score (nSPS) is 20.5. The van der Waals surface area contributed by atoms with Crippen molar-refractivity contribution in [2.75, 3.05) is 13.1 Å². The van der Waals surface area contributed by atoms with Gasteiger partial charge in [-0.05, 0) is 48.9 Å². The third kappa shape index (κ3) is 4.30. The Morgan fingerprint density at radius 2 is 1.79 bits per heavy atom. The van der Waals surface area contributed by atoms with Crippen LogP contribution in [0.5, 0.6) is 0 Å². The van der Waals surface area contributed by atoms with Crippen molar-refractivity contribution in [3.8, 4) is 0 Å². The lowest BCUT2D eigenvalue weighted by Crippen LogP contribution is -2.48. The summed E-state index contributed by atoms with van der Waals surface area (Å²) in [7, 11) is 0. The van der Waals surface area contributed by atoms with Crippen molar-refractivity contribution in [1.29, 1.82) is 0 Å². The molecule has 1 heterocycles. The molecule has 2 aromatic rings. The number of likely N-dealkylation sites (tertiary alicyclic amines) is 1. The average molecular weight is 441 g/mol. The van der Waals surface area contributed by atoms with Crippen LogP contribution in [-0.2, 0) is 21.5 Å². The number of carbonyl (C=O) groups excluding carboxylic acids is 2. The van der Waals surface area contributed by atoms with Gasteiger partial charge in [0, 0.05) is 17.6 Å². The highest BCUT2D eigenvalue weighted by Crippen LogP contribution is 2.46. The second-order valence-electron chi connectivity index (χ2n) is 7.92. The Morgan fingerprint density at radius 1 is 1.07 bits per heavy atom. The molecule has 4 nitrogen and oxygen atoms in total. The summed E-state index contributed by atoms with van der Waals surface area (Å²) in [6, 6.07) is 18.0. The van der Waals surface area contributed by atoms with Crippen LogP contribution in [0, 0.1) is 5.92 Å². The van der Waals surface area contributed by atoms with Crippen LogP contribution in [0.3, 0.4) is 0 Å². The van der Waals surface area contributed by atoms with Crippen LogP contribution in [0.15, 0.2) is 59.1 Å². The number of hydrogen-bond donors (Lipinski definition) is 1. The summed E-state index contributed by atoms with van der Waals surface area (Å²) in [6.45, 7) is 1.27. The first-order valence-corrected chi connectivity index (χ1v) is 10.7. The highest BCUT2D eigenvalue weighted by molar-refractivity contribution is 9.10. The lowest BCUT2D eigenvalue weighted by Gasteiger charge is -2.33. The summed E-state index contributed by atoms with van der Waals surface area (Å²) < 4.78 is 1.04. The third-order valence-electron chi connectivity index (χ3n) is 5.85. The lowest BCUT2D eigenvalue weighted by atomic mass is 9.95. The van der Waals surface area contributed by atoms with Gasteiger partial charge in [-0.2, -0.15) is 0 Å². The van der Waals surface area contributed by atoms with Gasteiger partial charge in [-0.3, -0.25) is 9.59 Å². The summed E-state index contributed by atoms with van der Waals surface area (Å²) in [5, 5.41) is 3.29. The summed E-state index contributed by atoms with van der Waals surface area (Å²) in [5.74, 6) is 0.0665. The minimum atomic E-state index is -0.214. The van der Waals surface area contributed by atoms with Gasteiger partial charge < -0.3 is 10.2 Å². The molecule has 1 saturated carbocycles. The fourth-order valence-corrected chi connectivity index (χ4v) is 4.28. The van der Waals surface area contributed by atoms with E-state index in [0.717, 1.165) is 47.8 Å². The molecule has 0 aromatic heterocycles. The lowest BCUT2D eigenvalue weighted by molar-refractivity contribution is -0.135. The quantitative estimate of drug-likeness (QED) is 0.762. The fourth-order valence-electron chi connectivity index (χ4n) is 4.02. The smallest absolute Gasteiger partial charge is 0.227 e. The Morgan fingerprint density at radius 3 is 2.46 bits per heavy atom. The molecule has 2 fully saturated rings. The van der Waals surface area contributed by atoms with Gasteiger partial charge in [0.2, 0.25) is 11.8 Å². The Hall–Kier alpha value is -2.14. The molecule has 146 valence electrons. The van der Waals surface area contributed by atoms with E-state index in [1.807, 2.05) is 47.4 Å². The van der Waals surface area contributed by atoms with E-state index in [1.54, 1.807) is 0 Å². The molecule has 0 radical (unpaired) electrons. The van der Waals surface area contributed by atoms with Crippen molar-refractivity contribution in [3.63, 3.8) is 0 Å². The van der Waals surface area contributed by atoms with Gasteiger partial charge in [-0.25, -0.2) is 0 Å². The maximum atomic E-state index is 13.0. The van der Waals surface area contributed by atoms with E-state index in [1.165, 1.54) is 0 Å². The number of halogens is 1. The van der Waals surface area contributed by atoms with Gasteiger partial charge in [0.1, 0.15) is 0 Å². The zero-order chi connectivity index (χ0) is 19.6. The summed E-state index contributed by atoms with van der Waals surface area (Å²) in [4.78, 5) is 27.5. The molecule has 2 aromatic carbocycles. The highest BCUT2D eigenvalue weighted by Gasteiger charge is 2.46. The summed E-state index contributed by atoms with van der Waals surface area (Å²) >= 11 is 3.46. The van der Waals surface area contributed by atoms with Crippen LogP contribution in [0.2, 0.25) is 0 Å². The van der Waals surface area contributed by atoms with Crippen molar-refractivity contribution in [3.05, 3.63) is 70.2 Å². The molecule has 1 atom stereocenters. The number of benzene rings is 2. The minimum absolute atomic E-state index is 0.0811. The number of carbonyl (C=O) groups is 2. The van der Waals surface area contributed by atoms with Crippen molar-refractivity contribution in [2.45, 2.75) is 37.6 Å². The SMILES string of the molecule is O=C(NC1(c2ccc(Br)cc2)CC1)C1CCCN(C(=O)Cc2ccccc2)C1. The maximum absolute atomic E-state index is 13.0. The van der Waals surface area contributed by atoms with Crippen LogP contribution < -0.4 is 5.32 Å². The number of nitrogens with one attached hydrogen (secondary N) is 1. The zero-order valence-corrected chi connectivity index (χ0v) is 17.5. The van der Waals surface area contributed by atoms with E-state index in [9.17, 15) is 9.59 Å². The second-order valence-corrected chi connectivity index (χ2v) is 8.84. The van der Waals surface area contributed by atoms with Crippen LogP contribution in [-0.4, -0.2) is 29.8 Å². The van der Waals surface area contributed by atoms with Crippen molar-refractivity contribution >= 4 is 27.7 Å². The molecule has 5 heteroatoms. The second kappa shape index (κ2) is 8.08. The number of amides is 2. The Labute approximate surface area is 174 Å². The molecule has 1 aliphatic carbocycles. The molecule has 0 spiro atoms. The maximum Gasteiger partial charge on any atom is 0.227 e. The van der Waals surface area contributed by atoms with E-state index < -0.39 is 0 Å². The summed E-state index contributed by atoms with van der Waals surface area (Å²) in [6.07, 6.45) is 4.08. The molecular weight excluding hydrogens is 416 g/mol. The largest absolute Gasteiger partial charge is 0.346 e. The zero-order valence-electron chi connectivity index (χ0n) is 15.9. The molecule has 1 N–H and O–H groups in total. The van der Waals surface area contributed by atoms with Gasteiger partial charge in [-0.15, -0.1) is 0 Å². The number of rotatable bonds is 5. The Bertz CT molecular complexity index is 847. The van der Waals surface area contributed by atoms with Crippen molar-refractivity contribution in [2.24, 2.45) is 5.92 Å². The van der Waals surface area contributed by atoms with Gasteiger partial charge in [0.15, 0.2) is 0 Å². The topological polar surface area (TPSA) is 49.4 Å². The fraction of sp³-hybridized carbons (Fsp3) is 0.391. The number of hydrogen-bond acceptors (Lipinski definition) is 2. The molecule has 1 unspecified atom stereocenters. The molecule has 2 amide bonds. The first-order valence-electron chi connectivity index (χ1n) is 9.95. The van der Waals surface area contributed by atoms with Crippen LogP contribution in [0.1, 0.15) is 36.8 Å². The standard InChI is InChI=1S/C23H25BrN2O2/c24-20-10-8-19(9-11-20)23(12-13-23)25-22(28)18-7-4-14-26(16-18)21(27)15-17-5-2-1-3-6-17/h1-3,5-6,8-11,18H,4,7,12-16H2,(H,25,28). The predicted octanol–water partition coefficient (Wildman–Crippen LogP) is 4.04. The van der Waals surface area contributed by atoms with Crippen molar-refractivity contribution in [1.82, 2.24) is 10.2 Å². The molecule has 2 aliphatic rings. The monoisotopic (exact) mass is 440 g/mol. The minimum Gasteiger partial charge on any atom is -0.346 e. The molecule has 1 saturated heterocycles. The van der Waals surface area contributed by atoms with E-state index in [-0.39, 0.29) is 23.3 Å². The van der Waals surface area contributed by atoms with Crippen LogP contribution in [0.25, 0.3) is 0 Å². The Kier molecular flexibility index (Phi) is 5.54. The van der Waals surface area contributed by atoms with Gasteiger partial charge in [0.05, 0.1) is 17.9 Å². The summed E-state index contributed by atoms with van der Waals surface area (Å²) in [5.41, 5.74) is 1.97. The Balaban J connectivity index is 1.37. The van der Waals surface area contributed by atoms with Crippen LogP contribution in [0.4, 0.5) is 0 Å². The average Bonchev–Trinajstić information content (AvgIpc) is 3.50. The molecule has 1 aliphatic heterocycles. The number of piperidine rings is 1. The number of nitrogens with zero attached hydrogens (tertiary/aromatic N) is 1. The molecule has 4 rings (SSSR count). The molecule has 28 heavy (non-hydrogen) atoms. The third-order valence-corrected chi connectivity index (χ3v) is 6.38. The van der Waals surface area contributed by atoms with E-state index in [0.29, 0.717) is 13.0 Å².